The molecule has 1 fully saturated rings. The Labute approximate surface area is 82.8 Å². The van der Waals surface area contributed by atoms with Crippen LogP contribution in [-0.4, -0.2) is 18.0 Å². The van der Waals surface area contributed by atoms with Crippen LogP contribution >= 0.6 is 0 Å². The molecule has 1 heteroatoms. The van der Waals surface area contributed by atoms with Crippen LogP contribution in [0.4, 0.5) is 0 Å². The van der Waals surface area contributed by atoms with E-state index in [4.69, 9.17) is 0 Å². The fourth-order valence-electron chi connectivity index (χ4n) is 1.80. The average molecular weight is 181 g/mol. The molecule has 0 aromatic carbocycles. The molecule has 1 saturated heterocycles. The molecule has 0 spiro atoms. The summed E-state index contributed by atoms with van der Waals surface area (Å²) >= 11 is 0. The summed E-state index contributed by atoms with van der Waals surface area (Å²) in [5, 5.41) is 0. The van der Waals surface area contributed by atoms with E-state index in [0.717, 1.165) is 0 Å². The van der Waals surface area contributed by atoms with E-state index in [1.807, 2.05) is 0 Å². The predicted octanol–water partition coefficient (Wildman–Crippen LogP) is 3.57. The van der Waals surface area contributed by atoms with Gasteiger partial charge in [0.05, 0.1) is 0 Å². The number of rotatable bonds is 6. The molecule has 0 bridgehead atoms. The van der Waals surface area contributed by atoms with Crippen LogP contribution in [0.25, 0.3) is 0 Å². The molecular formula is C12H23N. The van der Waals surface area contributed by atoms with E-state index in [0.29, 0.717) is 0 Å². The van der Waals surface area contributed by atoms with E-state index in [-0.39, 0.29) is 0 Å². The van der Waals surface area contributed by atoms with Crippen LogP contribution in [0.3, 0.4) is 0 Å². The van der Waals surface area contributed by atoms with E-state index in [2.05, 4.69) is 24.1 Å². The van der Waals surface area contributed by atoms with Gasteiger partial charge in [-0.2, -0.15) is 0 Å². The van der Waals surface area contributed by atoms with Crippen LogP contribution in [0.2, 0.25) is 0 Å². The lowest BCUT2D eigenvalue weighted by Crippen LogP contribution is -2.09. The molecule has 0 aromatic heterocycles. The molecule has 0 N–H and O–H groups in total. The van der Waals surface area contributed by atoms with Gasteiger partial charge in [0, 0.05) is 13.1 Å². The van der Waals surface area contributed by atoms with Crippen LogP contribution in [0.5, 0.6) is 0 Å². The fourth-order valence-corrected chi connectivity index (χ4v) is 1.80. The number of likely N-dealkylation sites (tertiary alicyclic amines) is 1. The van der Waals surface area contributed by atoms with E-state index in [1.165, 1.54) is 58.0 Å². The van der Waals surface area contributed by atoms with Crippen LogP contribution in [0.15, 0.2) is 12.3 Å². The molecule has 0 aliphatic carbocycles. The smallest absolute Gasteiger partial charge is 0.0173 e. The number of hydrogen-bond acceptors (Lipinski definition) is 1. The quantitative estimate of drug-likeness (QED) is 0.566. The highest BCUT2D eigenvalue weighted by atomic mass is 15.1. The molecule has 0 saturated carbocycles. The van der Waals surface area contributed by atoms with Gasteiger partial charge in [-0.3, -0.25) is 0 Å². The molecule has 0 unspecified atom stereocenters. The SMILES string of the molecule is CCCCCC/C=C\N1CCCC1. The van der Waals surface area contributed by atoms with Crippen molar-refractivity contribution in [2.45, 2.75) is 51.9 Å². The van der Waals surface area contributed by atoms with Crippen molar-refractivity contribution in [1.82, 2.24) is 4.90 Å². The summed E-state index contributed by atoms with van der Waals surface area (Å²) in [7, 11) is 0. The molecule has 13 heavy (non-hydrogen) atoms. The van der Waals surface area contributed by atoms with Gasteiger partial charge in [0.25, 0.3) is 0 Å². The molecule has 1 heterocycles. The Kier molecular flexibility index (Phi) is 5.71. The zero-order valence-corrected chi connectivity index (χ0v) is 8.97. The van der Waals surface area contributed by atoms with Crippen LogP contribution < -0.4 is 0 Å². The van der Waals surface area contributed by atoms with Gasteiger partial charge in [-0.15, -0.1) is 0 Å². The lowest BCUT2D eigenvalue weighted by molar-refractivity contribution is 0.465. The summed E-state index contributed by atoms with van der Waals surface area (Å²) in [6, 6.07) is 0. The Morgan fingerprint density at radius 3 is 2.54 bits per heavy atom. The molecule has 0 amide bonds. The van der Waals surface area contributed by atoms with Crippen molar-refractivity contribution in [1.29, 1.82) is 0 Å². The fraction of sp³-hybridized carbons (Fsp3) is 0.833. The van der Waals surface area contributed by atoms with Gasteiger partial charge in [0.15, 0.2) is 0 Å². The Balaban J connectivity index is 1.91. The molecule has 1 nitrogen and oxygen atoms in total. The molecule has 0 radical (unpaired) electrons. The highest BCUT2D eigenvalue weighted by molar-refractivity contribution is 4.84. The lowest BCUT2D eigenvalue weighted by atomic mass is 10.1. The van der Waals surface area contributed by atoms with Gasteiger partial charge in [0.1, 0.15) is 0 Å². The van der Waals surface area contributed by atoms with Crippen molar-refractivity contribution < 1.29 is 0 Å². The average Bonchev–Trinajstić information content (AvgIpc) is 2.63. The van der Waals surface area contributed by atoms with Crippen molar-refractivity contribution in [2.24, 2.45) is 0 Å². The van der Waals surface area contributed by atoms with E-state index < -0.39 is 0 Å². The summed E-state index contributed by atoms with van der Waals surface area (Å²) in [6.07, 6.45) is 14.2. The van der Waals surface area contributed by atoms with Gasteiger partial charge < -0.3 is 4.90 Å². The highest BCUT2D eigenvalue weighted by Gasteiger charge is 2.05. The molecule has 1 aliphatic heterocycles. The van der Waals surface area contributed by atoms with Crippen LogP contribution in [0, 0.1) is 0 Å². The first-order valence-corrected chi connectivity index (χ1v) is 5.84. The van der Waals surface area contributed by atoms with Crippen molar-refractivity contribution in [2.75, 3.05) is 13.1 Å². The summed E-state index contributed by atoms with van der Waals surface area (Å²) in [6.45, 7) is 4.83. The molecule has 0 atom stereocenters. The van der Waals surface area contributed by atoms with Crippen molar-refractivity contribution in [3.63, 3.8) is 0 Å². The topological polar surface area (TPSA) is 3.24 Å². The van der Waals surface area contributed by atoms with Crippen molar-refractivity contribution >= 4 is 0 Å². The van der Waals surface area contributed by atoms with Gasteiger partial charge in [-0.25, -0.2) is 0 Å². The third-order valence-electron chi connectivity index (χ3n) is 2.68. The third-order valence-corrected chi connectivity index (χ3v) is 2.68. The minimum atomic E-state index is 1.27. The first-order valence-electron chi connectivity index (χ1n) is 5.84. The molecule has 0 aromatic rings. The van der Waals surface area contributed by atoms with Crippen molar-refractivity contribution in [3.8, 4) is 0 Å². The summed E-state index contributed by atoms with van der Waals surface area (Å²) in [5.74, 6) is 0. The maximum absolute atomic E-state index is 2.44. The Hall–Kier alpha value is -0.460. The summed E-state index contributed by atoms with van der Waals surface area (Å²) in [5.41, 5.74) is 0. The van der Waals surface area contributed by atoms with Crippen LogP contribution in [0.1, 0.15) is 51.9 Å². The normalized spacial score (nSPS) is 17.5. The predicted molar refractivity (Wildman–Crippen MR) is 58.7 cm³/mol. The Bertz CT molecular complexity index is 134. The molecular weight excluding hydrogens is 158 g/mol. The molecule has 76 valence electrons. The largest absolute Gasteiger partial charge is 0.378 e. The van der Waals surface area contributed by atoms with Gasteiger partial charge >= 0.3 is 0 Å². The second-order valence-corrected chi connectivity index (χ2v) is 3.98. The summed E-state index contributed by atoms with van der Waals surface area (Å²) < 4.78 is 0. The third kappa shape index (κ3) is 4.97. The van der Waals surface area contributed by atoms with Crippen LogP contribution in [-0.2, 0) is 0 Å². The van der Waals surface area contributed by atoms with Crippen molar-refractivity contribution in [3.05, 3.63) is 12.3 Å². The standard InChI is InChI=1S/C12H23N/c1-2-3-4-5-6-7-10-13-11-8-9-12-13/h7,10H,2-6,8-9,11-12H2,1H3/b10-7-. The lowest BCUT2D eigenvalue weighted by Gasteiger charge is -2.09. The Morgan fingerprint density at radius 1 is 1.08 bits per heavy atom. The number of unbranched alkanes of at least 4 members (excludes halogenated alkanes) is 4. The maximum Gasteiger partial charge on any atom is 0.0173 e. The second-order valence-electron chi connectivity index (χ2n) is 3.98. The zero-order chi connectivity index (χ0) is 9.36. The minimum Gasteiger partial charge on any atom is -0.378 e. The minimum absolute atomic E-state index is 1.27. The molecule has 1 rings (SSSR count). The second kappa shape index (κ2) is 6.99. The number of nitrogens with zero attached hydrogens (tertiary/aromatic N) is 1. The zero-order valence-electron chi connectivity index (χ0n) is 8.97. The van der Waals surface area contributed by atoms with E-state index >= 15 is 0 Å². The number of allylic oxidation sites excluding steroid dienone is 1. The first-order chi connectivity index (χ1) is 6.43. The van der Waals surface area contributed by atoms with Gasteiger partial charge in [-0.1, -0.05) is 32.3 Å². The van der Waals surface area contributed by atoms with E-state index in [9.17, 15) is 0 Å². The number of hydrogen-bond donors (Lipinski definition) is 0. The summed E-state index contributed by atoms with van der Waals surface area (Å²) in [4.78, 5) is 2.44. The van der Waals surface area contributed by atoms with E-state index in [1.54, 1.807) is 0 Å². The monoisotopic (exact) mass is 181 g/mol. The molecule has 1 aliphatic rings. The van der Waals surface area contributed by atoms with Gasteiger partial charge in [0.2, 0.25) is 0 Å². The maximum atomic E-state index is 2.44. The van der Waals surface area contributed by atoms with Gasteiger partial charge in [-0.05, 0) is 31.9 Å². The Morgan fingerprint density at radius 2 is 1.85 bits per heavy atom. The first kappa shape index (κ1) is 10.6. The highest BCUT2D eigenvalue weighted by Crippen LogP contribution is 2.08.